The SMILES string of the molecule is COCCN(CCOC)CCC(N)C#N. The summed E-state index contributed by atoms with van der Waals surface area (Å²) in [6.07, 6.45) is 0.684. The summed E-state index contributed by atoms with van der Waals surface area (Å²) in [6.45, 7) is 3.87. The minimum atomic E-state index is -0.377. The van der Waals surface area contributed by atoms with E-state index in [1.807, 2.05) is 6.07 Å². The van der Waals surface area contributed by atoms with Crippen molar-refractivity contribution >= 4 is 0 Å². The second kappa shape index (κ2) is 9.87. The van der Waals surface area contributed by atoms with E-state index < -0.39 is 0 Å². The molecule has 0 aliphatic heterocycles. The van der Waals surface area contributed by atoms with Gasteiger partial charge in [0, 0.05) is 33.9 Å². The highest BCUT2D eigenvalue weighted by Crippen LogP contribution is 1.94. The predicted octanol–water partition coefficient (Wildman–Crippen LogP) is -0.178. The van der Waals surface area contributed by atoms with Gasteiger partial charge < -0.3 is 15.2 Å². The maximum atomic E-state index is 8.56. The molecule has 5 heteroatoms. The summed E-state index contributed by atoms with van der Waals surface area (Å²) in [5.41, 5.74) is 5.53. The minimum absolute atomic E-state index is 0.377. The second-order valence-corrected chi connectivity index (χ2v) is 3.35. The van der Waals surface area contributed by atoms with Gasteiger partial charge in [-0.2, -0.15) is 5.26 Å². The lowest BCUT2D eigenvalue weighted by molar-refractivity contribution is 0.113. The molecule has 1 atom stereocenters. The third kappa shape index (κ3) is 8.33. The fourth-order valence-corrected chi connectivity index (χ4v) is 1.16. The summed E-state index contributed by atoms with van der Waals surface area (Å²) in [6, 6.07) is 1.64. The van der Waals surface area contributed by atoms with Crippen LogP contribution >= 0.6 is 0 Å². The van der Waals surface area contributed by atoms with Crippen molar-refractivity contribution in [1.82, 2.24) is 4.90 Å². The lowest BCUT2D eigenvalue weighted by Crippen LogP contribution is -2.34. The Balaban J connectivity index is 3.74. The van der Waals surface area contributed by atoms with Crippen LogP contribution in [0.4, 0.5) is 0 Å². The van der Waals surface area contributed by atoms with Crippen molar-refractivity contribution in [3.05, 3.63) is 0 Å². The van der Waals surface area contributed by atoms with Crippen molar-refractivity contribution in [2.24, 2.45) is 5.73 Å². The molecule has 2 N–H and O–H groups in total. The molecule has 0 aromatic heterocycles. The summed E-state index contributed by atoms with van der Waals surface area (Å²) in [5.74, 6) is 0. The molecule has 0 aliphatic rings. The van der Waals surface area contributed by atoms with Crippen LogP contribution in [0.25, 0.3) is 0 Å². The fourth-order valence-electron chi connectivity index (χ4n) is 1.16. The van der Waals surface area contributed by atoms with Crippen molar-refractivity contribution in [3.63, 3.8) is 0 Å². The summed E-state index contributed by atoms with van der Waals surface area (Å²) < 4.78 is 10.0. The van der Waals surface area contributed by atoms with Gasteiger partial charge in [0.2, 0.25) is 0 Å². The molecule has 5 nitrogen and oxygen atoms in total. The normalized spacial score (nSPS) is 12.7. The third-order valence-corrected chi connectivity index (χ3v) is 2.15. The van der Waals surface area contributed by atoms with Gasteiger partial charge in [-0.3, -0.25) is 4.90 Å². The molecule has 0 saturated heterocycles. The molecule has 0 bridgehead atoms. The van der Waals surface area contributed by atoms with Gasteiger partial charge in [0.25, 0.3) is 0 Å². The van der Waals surface area contributed by atoms with E-state index >= 15 is 0 Å². The molecule has 15 heavy (non-hydrogen) atoms. The Bertz CT molecular complexity index is 174. The number of ether oxygens (including phenoxy) is 2. The first kappa shape index (κ1) is 14.3. The van der Waals surface area contributed by atoms with Crippen LogP contribution in [-0.4, -0.2) is 58.0 Å². The van der Waals surface area contributed by atoms with E-state index in [4.69, 9.17) is 20.5 Å². The van der Waals surface area contributed by atoms with Crippen LogP contribution in [-0.2, 0) is 9.47 Å². The van der Waals surface area contributed by atoms with Gasteiger partial charge in [-0.25, -0.2) is 0 Å². The van der Waals surface area contributed by atoms with Gasteiger partial charge in [0.05, 0.1) is 25.3 Å². The zero-order chi connectivity index (χ0) is 11.5. The van der Waals surface area contributed by atoms with Crippen molar-refractivity contribution in [2.75, 3.05) is 47.1 Å². The zero-order valence-corrected chi connectivity index (χ0v) is 9.61. The first-order valence-electron chi connectivity index (χ1n) is 5.10. The number of hydrogen-bond donors (Lipinski definition) is 1. The highest BCUT2D eigenvalue weighted by atomic mass is 16.5. The highest BCUT2D eigenvalue weighted by Gasteiger charge is 2.07. The Kier molecular flexibility index (Phi) is 9.43. The summed E-state index contributed by atoms with van der Waals surface area (Å²) in [7, 11) is 3.35. The molecule has 0 heterocycles. The van der Waals surface area contributed by atoms with Crippen molar-refractivity contribution in [2.45, 2.75) is 12.5 Å². The quantitative estimate of drug-likeness (QED) is 0.578. The molecule has 0 rings (SSSR count). The van der Waals surface area contributed by atoms with E-state index in [-0.39, 0.29) is 6.04 Å². The highest BCUT2D eigenvalue weighted by molar-refractivity contribution is 4.86. The van der Waals surface area contributed by atoms with E-state index in [0.29, 0.717) is 19.6 Å². The number of nitriles is 1. The van der Waals surface area contributed by atoms with E-state index in [0.717, 1.165) is 19.6 Å². The number of hydrogen-bond acceptors (Lipinski definition) is 5. The third-order valence-electron chi connectivity index (χ3n) is 2.15. The number of nitrogens with zero attached hydrogens (tertiary/aromatic N) is 2. The van der Waals surface area contributed by atoms with Gasteiger partial charge in [-0.05, 0) is 6.42 Å². The molecule has 0 fully saturated rings. The van der Waals surface area contributed by atoms with Crippen molar-refractivity contribution < 1.29 is 9.47 Å². The molecule has 0 aliphatic carbocycles. The molecule has 0 aromatic carbocycles. The van der Waals surface area contributed by atoms with Gasteiger partial charge in [0.1, 0.15) is 0 Å². The van der Waals surface area contributed by atoms with E-state index in [2.05, 4.69) is 4.90 Å². The Morgan fingerprint density at radius 1 is 1.20 bits per heavy atom. The number of nitrogens with two attached hydrogens (primary N) is 1. The van der Waals surface area contributed by atoms with Crippen molar-refractivity contribution in [1.29, 1.82) is 5.26 Å². The molecular formula is C10H21N3O2. The number of rotatable bonds is 9. The average Bonchev–Trinajstić information content (AvgIpc) is 2.27. The lowest BCUT2D eigenvalue weighted by Gasteiger charge is -2.21. The maximum absolute atomic E-state index is 8.56. The van der Waals surface area contributed by atoms with Gasteiger partial charge in [-0.1, -0.05) is 0 Å². The largest absolute Gasteiger partial charge is 0.383 e. The molecule has 0 amide bonds. The summed E-state index contributed by atoms with van der Waals surface area (Å²) >= 11 is 0. The van der Waals surface area contributed by atoms with Crippen molar-refractivity contribution in [3.8, 4) is 6.07 Å². The van der Waals surface area contributed by atoms with Crippen LogP contribution in [0.3, 0.4) is 0 Å². The van der Waals surface area contributed by atoms with Gasteiger partial charge >= 0.3 is 0 Å². The Morgan fingerprint density at radius 3 is 2.13 bits per heavy atom. The zero-order valence-electron chi connectivity index (χ0n) is 9.61. The first-order valence-corrected chi connectivity index (χ1v) is 5.10. The van der Waals surface area contributed by atoms with E-state index in [1.54, 1.807) is 14.2 Å². The van der Waals surface area contributed by atoms with E-state index in [9.17, 15) is 0 Å². The lowest BCUT2D eigenvalue weighted by atomic mass is 10.2. The molecule has 0 aromatic rings. The fraction of sp³-hybridized carbons (Fsp3) is 0.900. The molecule has 0 saturated carbocycles. The van der Waals surface area contributed by atoms with Crippen LogP contribution in [0.2, 0.25) is 0 Å². The molecule has 1 unspecified atom stereocenters. The molecule has 0 spiro atoms. The summed E-state index contributed by atoms with van der Waals surface area (Å²) in [5, 5.41) is 8.56. The van der Waals surface area contributed by atoms with Crippen LogP contribution in [0.5, 0.6) is 0 Å². The van der Waals surface area contributed by atoms with Gasteiger partial charge in [0.15, 0.2) is 0 Å². The Hall–Kier alpha value is -0.670. The summed E-state index contributed by atoms with van der Waals surface area (Å²) in [4.78, 5) is 2.18. The topological polar surface area (TPSA) is 71.5 Å². The Labute approximate surface area is 91.7 Å². The monoisotopic (exact) mass is 215 g/mol. The maximum Gasteiger partial charge on any atom is 0.0940 e. The standard InChI is InChI=1S/C10H21N3O2/c1-14-7-5-13(6-8-15-2)4-3-10(12)9-11/h10H,3-8,12H2,1-2H3. The van der Waals surface area contributed by atoms with E-state index in [1.165, 1.54) is 0 Å². The average molecular weight is 215 g/mol. The first-order chi connectivity index (χ1) is 7.24. The molecule has 0 radical (unpaired) electrons. The Morgan fingerprint density at radius 2 is 1.73 bits per heavy atom. The molecule has 88 valence electrons. The van der Waals surface area contributed by atoms with Crippen LogP contribution in [0.15, 0.2) is 0 Å². The van der Waals surface area contributed by atoms with Gasteiger partial charge in [-0.15, -0.1) is 0 Å². The van der Waals surface area contributed by atoms with Crippen LogP contribution in [0, 0.1) is 11.3 Å². The molecular weight excluding hydrogens is 194 g/mol. The number of methoxy groups -OCH3 is 2. The van der Waals surface area contributed by atoms with Crippen LogP contribution < -0.4 is 5.73 Å². The second-order valence-electron chi connectivity index (χ2n) is 3.35. The minimum Gasteiger partial charge on any atom is -0.383 e. The predicted molar refractivity (Wildman–Crippen MR) is 58.4 cm³/mol. The smallest absolute Gasteiger partial charge is 0.0940 e. The van der Waals surface area contributed by atoms with Crippen LogP contribution in [0.1, 0.15) is 6.42 Å².